The highest BCUT2D eigenvalue weighted by molar-refractivity contribution is 9.10. The standard InChI is InChI=1S/C6H7BrFN3O/c1-2-9-6-10-4(8)3(7)5(12)11-6/h2H2,1H3,(H2,9,10,11,12). The summed E-state index contributed by atoms with van der Waals surface area (Å²) in [6.45, 7) is 2.39. The van der Waals surface area contributed by atoms with E-state index in [1.54, 1.807) is 0 Å². The van der Waals surface area contributed by atoms with Crippen molar-refractivity contribution in [1.82, 2.24) is 9.97 Å². The zero-order valence-corrected chi connectivity index (χ0v) is 7.90. The molecule has 1 rings (SSSR count). The van der Waals surface area contributed by atoms with Crippen LogP contribution in [-0.4, -0.2) is 16.5 Å². The van der Waals surface area contributed by atoms with Crippen LogP contribution in [0.4, 0.5) is 10.3 Å². The molecule has 4 nitrogen and oxygen atoms in total. The van der Waals surface area contributed by atoms with E-state index in [-0.39, 0.29) is 10.4 Å². The molecule has 0 amide bonds. The number of aromatic nitrogens is 2. The van der Waals surface area contributed by atoms with Gasteiger partial charge in [0.15, 0.2) is 0 Å². The molecule has 1 heterocycles. The fourth-order valence-corrected chi connectivity index (χ4v) is 0.870. The van der Waals surface area contributed by atoms with Gasteiger partial charge in [0.2, 0.25) is 11.9 Å². The summed E-state index contributed by atoms with van der Waals surface area (Å²) in [7, 11) is 0. The van der Waals surface area contributed by atoms with Gasteiger partial charge in [0, 0.05) is 6.54 Å². The minimum absolute atomic E-state index is 0.142. The molecule has 0 unspecified atom stereocenters. The lowest BCUT2D eigenvalue weighted by Crippen LogP contribution is -2.15. The monoisotopic (exact) mass is 235 g/mol. The summed E-state index contributed by atoms with van der Waals surface area (Å²) >= 11 is 2.76. The van der Waals surface area contributed by atoms with Crippen LogP contribution in [0.15, 0.2) is 9.27 Å². The van der Waals surface area contributed by atoms with E-state index in [4.69, 9.17) is 0 Å². The van der Waals surface area contributed by atoms with Crippen LogP contribution in [0.5, 0.6) is 0 Å². The fourth-order valence-electron chi connectivity index (χ4n) is 0.682. The number of anilines is 1. The molecule has 0 fully saturated rings. The van der Waals surface area contributed by atoms with Gasteiger partial charge in [-0.15, -0.1) is 0 Å². The molecule has 0 aliphatic carbocycles. The zero-order valence-electron chi connectivity index (χ0n) is 6.32. The quantitative estimate of drug-likeness (QED) is 0.756. The van der Waals surface area contributed by atoms with Crippen molar-refractivity contribution in [3.8, 4) is 0 Å². The van der Waals surface area contributed by atoms with Crippen molar-refractivity contribution < 1.29 is 4.39 Å². The lowest BCUT2D eigenvalue weighted by molar-refractivity contribution is 0.571. The Labute approximate surface area is 76.3 Å². The largest absolute Gasteiger partial charge is 0.356 e. The third kappa shape index (κ3) is 1.82. The fraction of sp³-hybridized carbons (Fsp3) is 0.333. The average Bonchev–Trinajstić information content (AvgIpc) is 2.01. The Morgan fingerprint density at radius 1 is 1.75 bits per heavy atom. The molecule has 0 spiro atoms. The first-order chi connectivity index (χ1) is 5.65. The minimum atomic E-state index is -0.810. The molecular formula is C6H7BrFN3O. The van der Waals surface area contributed by atoms with Crippen LogP contribution in [0, 0.1) is 5.95 Å². The summed E-state index contributed by atoms with van der Waals surface area (Å²) in [4.78, 5) is 16.7. The summed E-state index contributed by atoms with van der Waals surface area (Å²) in [5, 5.41) is 2.69. The van der Waals surface area contributed by atoms with E-state index in [0.717, 1.165) is 0 Å². The van der Waals surface area contributed by atoms with E-state index in [9.17, 15) is 9.18 Å². The molecule has 0 bridgehead atoms. The third-order valence-electron chi connectivity index (χ3n) is 1.17. The first-order valence-corrected chi connectivity index (χ1v) is 4.13. The Morgan fingerprint density at radius 2 is 2.42 bits per heavy atom. The molecule has 0 saturated heterocycles. The first-order valence-electron chi connectivity index (χ1n) is 3.34. The Morgan fingerprint density at radius 3 is 2.92 bits per heavy atom. The van der Waals surface area contributed by atoms with Gasteiger partial charge in [-0.05, 0) is 22.9 Å². The molecule has 2 N–H and O–H groups in total. The molecule has 0 aliphatic rings. The van der Waals surface area contributed by atoms with Crippen LogP contribution in [0.3, 0.4) is 0 Å². The second kappa shape index (κ2) is 3.66. The summed E-state index contributed by atoms with van der Waals surface area (Å²) in [6.07, 6.45) is 0. The van der Waals surface area contributed by atoms with E-state index < -0.39 is 11.5 Å². The van der Waals surface area contributed by atoms with Crippen molar-refractivity contribution in [1.29, 1.82) is 0 Å². The number of halogens is 2. The highest BCUT2D eigenvalue weighted by Gasteiger charge is 2.06. The summed E-state index contributed by atoms with van der Waals surface area (Å²) < 4.78 is 12.6. The van der Waals surface area contributed by atoms with Crippen molar-refractivity contribution in [3.63, 3.8) is 0 Å². The Hall–Kier alpha value is -0.910. The number of aromatic amines is 1. The number of hydrogen-bond acceptors (Lipinski definition) is 3. The van der Waals surface area contributed by atoms with E-state index in [1.165, 1.54) is 0 Å². The van der Waals surface area contributed by atoms with Crippen molar-refractivity contribution in [2.45, 2.75) is 6.92 Å². The van der Waals surface area contributed by atoms with Gasteiger partial charge in [0.05, 0.1) is 0 Å². The number of rotatable bonds is 2. The molecule has 1 aromatic rings. The number of hydrogen-bond donors (Lipinski definition) is 2. The smallest absolute Gasteiger partial charge is 0.269 e. The van der Waals surface area contributed by atoms with Gasteiger partial charge in [-0.2, -0.15) is 9.37 Å². The maximum Gasteiger partial charge on any atom is 0.269 e. The van der Waals surface area contributed by atoms with Crippen molar-refractivity contribution in [2.24, 2.45) is 0 Å². The lowest BCUT2D eigenvalue weighted by Gasteiger charge is -2.01. The number of H-pyrrole nitrogens is 1. The Bertz CT molecular complexity index is 338. The average molecular weight is 236 g/mol. The van der Waals surface area contributed by atoms with Gasteiger partial charge >= 0.3 is 0 Å². The minimum Gasteiger partial charge on any atom is -0.356 e. The molecular weight excluding hydrogens is 229 g/mol. The molecule has 66 valence electrons. The SMILES string of the molecule is CCNc1nc(F)c(Br)c(=O)[nH]1. The maximum atomic E-state index is 12.7. The van der Waals surface area contributed by atoms with Crippen LogP contribution in [0.1, 0.15) is 6.92 Å². The van der Waals surface area contributed by atoms with Gasteiger partial charge in [-0.1, -0.05) is 0 Å². The Balaban J connectivity index is 3.13. The lowest BCUT2D eigenvalue weighted by atomic mass is 10.6. The zero-order chi connectivity index (χ0) is 9.14. The molecule has 1 aromatic heterocycles. The summed E-state index contributed by atoms with van der Waals surface area (Å²) in [5.74, 6) is -0.669. The first kappa shape index (κ1) is 9.18. The highest BCUT2D eigenvalue weighted by Crippen LogP contribution is 2.07. The van der Waals surface area contributed by atoms with E-state index in [0.29, 0.717) is 6.54 Å². The number of nitrogens with zero attached hydrogens (tertiary/aromatic N) is 1. The Kier molecular flexibility index (Phi) is 2.80. The second-order valence-corrected chi connectivity index (χ2v) is 2.84. The third-order valence-corrected chi connectivity index (χ3v) is 1.85. The number of nitrogens with one attached hydrogen (secondary N) is 2. The van der Waals surface area contributed by atoms with Crippen molar-refractivity contribution in [2.75, 3.05) is 11.9 Å². The molecule has 0 atom stereocenters. The second-order valence-electron chi connectivity index (χ2n) is 2.05. The van der Waals surface area contributed by atoms with Gasteiger partial charge in [-0.3, -0.25) is 9.78 Å². The molecule has 6 heteroatoms. The molecule has 12 heavy (non-hydrogen) atoms. The summed E-state index contributed by atoms with van der Waals surface area (Å²) in [6, 6.07) is 0. The van der Waals surface area contributed by atoms with E-state index in [2.05, 4.69) is 31.2 Å². The maximum absolute atomic E-state index is 12.7. The predicted octanol–water partition coefficient (Wildman–Crippen LogP) is 1.10. The molecule has 0 aromatic carbocycles. The van der Waals surface area contributed by atoms with Crippen LogP contribution >= 0.6 is 15.9 Å². The molecule has 0 aliphatic heterocycles. The van der Waals surface area contributed by atoms with Gasteiger partial charge in [0.25, 0.3) is 5.56 Å². The van der Waals surface area contributed by atoms with Gasteiger partial charge in [0.1, 0.15) is 4.47 Å². The molecule has 0 saturated carbocycles. The van der Waals surface area contributed by atoms with E-state index >= 15 is 0 Å². The van der Waals surface area contributed by atoms with Crippen molar-refractivity contribution >= 4 is 21.9 Å². The van der Waals surface area contributed by atoms with Crippen LogP contribution in [0.2, 0.25) is 0 Å². The van der Waals surface area contributed by atoms with Crippen LogP contribution in [-0.2, 0) is 0 Å². The van der Waals surface area contributed by atoms with E-state index in [1.807, 2.05) is 6.92 Å². The predicted molar refractivity (Wildman–Crippen MR) is 46.7 cm³/mol. The van der Waals surface area contributed by atoms with Crippen molar-refractivity contribution in [3.05, 3.63) is 20.8 Å². The normalized spacial score (nSPS) is 9.92. The topological polar surface area (TPSA) is 57.8 Å². The van der Waals surface area contributed by atoms with Gasteiger partial charge < -0.3 is 5.32 Å². The van der Waals surface area contributed by atoms with Crippen LogP contribution in [0.25, 0.3) is 0 Å². The van der Waals surface area contributed by atoms with Gasteiger partial charge in [-0.25, -0.2) is 0 Å². The summed E-state index contributed by atoms with van der Waals surface area (Å²) in [5.41, 5.74) is -0.529. The molecule has 0 radical (unpaired) electrons. The highest BCUT2D eigenvalue weighted by atomic mass is 79.9. The van der Waals surface area contributed by atoms with Crippen LogP contribution < -0.4 is 10.9 Å².